The van der Waals surface area contributed by atoms with Gasteiger partial charge in [-0.15, -0.1) is 4.91 Å². The van der Waals surface area contributed by atoms with E-state index in [-0.39, 0.29) is 11.4 Å². The third kappa shape index (κ3) is 2.74. The Bertz CT molecular complexity index is 434. The molecule has 1 N–H and O–H groups in total. The summed E-state index contributed by atoms with van der Waals surface area (Å²) < 4.78 is 0. The van der Waals surface area contributed by atoms with Gasteiger partial charge in [0.2, 0.25) is 0 Å². The second-order valence-corrected chi connectivity index (χ2v) is 2.84. The molecule has 84 valence electrons. The number of nitro benzene ring substituents is 1. The van der Waals surface area contributed by atoms with Gasteiger partial charge in [0.05, 0.1) is 10.2 Å². The fraction of sp³-hybridized carbons (Fsp3) is 0.125. The van der Waals surface area contributed by atoms with Crippen LogP contribution in [0.1, 0.15) is 0 Å². The number of amides is 2. The van der Waals surface area contributed by atoms with Gasteiger partial charge in [-0.2, -0.15) is 5.01 Å². The van der Waals surface area contributed by atoms with Gasteiger partial charge < -0.3 is 5.32 Å². The van der Waals surface area contributed by atoms with Crippen LogP contribution in [0, 0.1) is 15.0 Å². The highest BCUT2D eigenvalue weighted by Gasteiger charge is 2.11. The number of anilines is 1. The lowest BCUT2D eigenvalue weighted by atomic mass is 10.3. The topological polar surface area (TPSA) is 105 Å². The molecule has 1 aromatic carbocycles. The summed E-state index contributed by atoms with van der Waals surface area (Å²) in [6.45, 7) is 0. The lowest BCUT2D eigenvalue weighted by molar-refractivity contribution is -0.384. The average molecular weight is 224 g/mol. The number of benzene rings is 1. The number of carbonyl (C=O) groups excluding carboxylic acids is 1. The highest BCUT2D eigenvalue weighted by molar-refractivity contribution is 5.89. The Hall–Kier alpha value is -2.51. The van der Waals surface area contributed by atoms with Crippen LogP contribution in [0.3, 0.4) is 0 Å². The second kappa shape index (κ2) is 4.82. The van der Waals surface area contributed by atoms with Gasteiger partial charge in [0.1, 0.15) is 0 Å². The van der Waals surface area contributed by atoms with Gasteiger partial charge in [0.15, 0.2) is 0 Å². The number of urea groups is 1. The van der Waals surface area contributed by atoms with Crippen molar-refractivity contribution in [1.29, 1.82) is 0 Å². The summed E-state index contributed by atoms with van der Waals surface area (Å²) in [6, 6.07) is 4.58. The predicted molar refractivity (Wildman–Crippen MR) is 55.7 cm³/mol. The monoisotopic (exact) mass is 224 g/mol. The third-order valence-electron chi connectivity index (χ3n) is 1.72. The first-order chi connectivity index (χ1) is 7.54. The molecular formula is C8H8N4O4. The molecule has 0 saturated carbocycles. The highest BCUT2D eigenvalue weighted by Crippen LogP contribution is 2.17. The maximum Gasteiger partial charge on any atom is 0.344 e. The number of nitro groups is 1. The Kier molecular flexibility index (Phi) is 3.49. The first kappa shape index (κ1) is 11.6. The van der Waals surface area contributed by atoms with Crippen LogP contribution in [-0.4, -0.2) is 23.0 Å². The average Bonchev–Trinajstić information content (AvgIpc) is 2.28. The SMILES string of the molecule is CN(N=O)C(=O)Nc1cccc([N+](=O)[O-])c1. The molecule has 2 amide bonds. The first-order valence-electron chi connectivity index (χ1n) is 4.17. The number of nitroso groups, excluding NO2 is 1. The van der Waals surface area contributed by atoms with Crippen LogP contribution in [0.2, 0.25) is 0 Å². The number of rotatable bonds is 3. The summed E-state index contributed by atoms with van der Waals surface area (Å²) in [5, 5.41) is 15.6. The van der Waals surface area contributed by atoms with Crippen molar-refractivity contribution < 1.29 is 9.72 Å². The van der Waals surface area contributed by atoms with Crippen molar-refractivity contribution in [2.45, 2.75) is 0 Å². The number of hydrogen-bond donors (Lipinski definition) is 1. The zero-order valence-electron chi connectivity index (χ0n) is 8.28. The maximum atomic E-state index is 11.2. The number of nitrogens with one attached hydrogen (secondary N) is 1. The maximum absolute atomic E-state index is 11.2. The molecule has 0 heterocycles. The number of nitrogens with zero attached hydrogens (tertiary/aromatic N) is 3. The molecule has 0 spiro atoms. The first-order valence-corrected chi connectivity index (χ1v) is 4.17. The van der Waals surface area contributed by atoms with Crippen molar-refractivity contribution in [1.82, 2.24) is 5.01 Å². The minimum atomic E-state index is -0.768. The number of non-ortho nitro benzene ring substituents is 1. The zero-order chi connectivity index (χ0) is 12.1. The van der Waals surface area contributed by atoms with Crippen LogP contribution in [0.15, 0.2) is 29.6 Å². The molecule has 8 nitrogen and oxygen atoms in total. The van der Waals surface area contributed by atoms with E-state index in [1.54, 1.807) is 0 Å². The fourth-order valence-corrected chi connectivity index (χ4v) is 0.939. The van der Waals surface area contributed by atoms with Crippen LogP contribution >= 0.6 is 0 Å². The molecule has 0 aliphatic heterocycles. The van der Waals surface area contributed by atoms with E-state index in [4.69, 9.17) is 0 Å². The molecule has 0 aromatic heterocycles. The Morgan fingerprint density at radius 2 is 2.25 bits per heavy atom. The number of hydrogen-bond acceptors (Lipinski definition) is 5. The van der Waals surface area contributed by atoms with E-state index in [0.717, 1.165) is 0 Å². The zero-order valence-corrected chi connectivity index (χ0v) is 8.28. The van der Waals surface area contributed by atoms with Gasteiger partial charge in [0.25, 0.3) is 5.69 Å². The highest BCUT2D eigenvalue weighted by atomic mass is 16.6. The molecule has 16 heavy (non-hydrogen) atoms. The van der Waals surface area contributed by atoms with Gasteiger partial charge in [-0.3, -0.25) is 10.1 Å². The van der Waals surface area contributed by atoms with E-state index in [2.05, 4.69) is 10.6 Å². The summed E-state index contributed by atoms with van der Waals surface area (Å²) in [7, 11) is 1.17. The van der Waals surface area contributed by atoms with Crippen molar-refractivity contribution in [3.63, 3.8) is 0 Å². The van der Waals surface area contributed by atoms with Gasteiger partial charge in [-0.25, -0.2) is 4.79 Å². The molecule has 0 fully saturated rings. The fourth-order valence-electron chi connectivity index (χ4n) is 0.939. The number of carbonyl (C=O) groups is 1. The molecule has 1 aromatic rings. The largest absolute Gasteiger partial charge is 0.344 e. The van der Waals surface area contributed by atoms with Gasteiger partial charge in [-0.05, 0) is 6.07 Å². The van der Waals surface area contributed by atoms with E-state index in [1.807, 2.05) is 0 Å². The van der Waals surface area contributed by atoms with Crippen molar-refractivity contribution in [3.8, 4) is 0 Å². The van der Waals surface area contributed by atoms with E-state index < -0.39 is 11.0 Å². The van der Waals surface area contributed by atoms with Crippen molar-refractivity contribution in [3.05, 3.63) is 39.3 Å². The van der Waals surface area contributed by atoms with Crippen LogP contribution in [-0.2, 0) is 0 Å². The molecule has 0 atom stereocenters. The minimum absolute atomic E-state index is 0.153. The molecule has 0 aliphatic rings. The molecule has 0 saturated heterocycles. The quantitative estimate of drug-likeness (QED) is 0.479. The Morgan fingerprint density at radius 1 is 1.56 bits per heavy atom. The van der Waals surface area contributed by atoms with Crippen LogP contribution < -0.4 is 5.32 Å². The van der Waals surface area contributed by atoms with Crippen LogP contribution in [0.4, 0.5) is 16.2 Å². The smallest absolute Gasteiger partial charge is 0.306 e. The Morgan fingerprint density at radius 3 is 2.81 bits per heavy atom. The van der Waals surface area contributed by atoms with Crippen LogP contribution in [0.25, 0.3) is 0 Å². The molecule has 8 heteroatoms. The van der Waals surface area contributed by atoms with Crippen LogP contribution in [0.5, 0.6) is 0 Å². The Balaban J connectivity index is 2.82. The van der Waals surface area contributed by atoms with Crippen molar-refractivity contribution in [2.75, 3.05) is 12.4 Å². The molecule has 0 radical (unpaired) electrons. The molecule has 0 unspecified atom stereocenters. The summed E-state index contributed by atoms with van der Waals surface area (Å²) in [5.41, 5.74) is 0.0641. The predicted octanol–water partition coefficient (Wildman–Crippen LogP) is 1.74. The van der Waals surface area contributed by atoms with E-state index in [9.17, 15) is 19.8 Å². The standard InChI is InChI=1S/C8H8N4O4/c1-11(10-14)8(13)9-6-3-2-4-7(5-6)12(15)16/h2-5H,1H3,(H,9,13). The van der Waals surface area contributed by atoms with Crippen molar-refractivity contribution in [2.24, 2.45) is 5.29 Å². The minimum Gasteiger partial charge on any atom is -0.306 e. The summed E-state index contributed by atoms with van der Waals surface area (Å²) >= 11 is 0. The molecule has 0 bridgehead atoms. The molecular weight excluding hydrogens is 216 g/mol. The molecule has 1 rings (SSSR count). The van der Waals surface area contributed by atoms with E-state index in [1.165, 1.54) is 31.3 Å². The molecule has 0 aliphatic carbocycles. The Labute approximate surface area is 90.0 Å². The van der Waals surface area contributed by atoms with E-state index >= 15 is 0 Å². The van der Waals surface area contributed by atoms with Gasteiger partial charge >= 0.3 is 6.03 Å². The van der Waals surface area contributed by atoms with E-state index in [0.29, 0.717) is 5.01 Å². The van der Waals surface area contributed by atoms with Crippen molar-refractivity contribution >= 4 is 17.4 Å². The summed E-state index contributed by atoms with van der Waals surface area (Å²) in [5.74, 6) is 0. The summed E-state index contributed by atoms with van der Waals surface area (Å²) in [4.78, 5) is 31.1. The third-order valence-corrected chi connectivity index (χ3v) is 1.72. The lowest BCUT2D eigenvalue weighted by Gasteiger charge is -2.08. The van der Waals surface area contributed by atoms with Gasteiger partial charge in [-0.1, -0.05) is 6.07 Å². The second-order valence-electron chi connectivity index (χ2n) is 2.84. The lowest BCUT2D eigenvalue weighted by Crippen LogP contribution is -2.26. The summed E-state index contributed by atoms with van der Waals surface area (Å²) in [6.07, 6.45) is 0. The normalized spacial score (nSPS) is 9.31. The van der Waals surface area contributed by atoms with Gasteiger partial charge in [0, 0.05) is 24.9 Å².